The first-order valence-corrected chi connectivity index (χ1v) is 14.1. The average molecular weight is 534 g/mol. The van der Waals surface area contributed by atoms with Crippen LogP contribution >= 0.6 is 0 Å². The van der Waals surface area contributed by atoms with Gasteiger partial charge in [0.15, 0.2) is 0 Å². The molecule has 1 unspecified atom stereocenters. The Morgan fingerprint density at radius 1 is 0.950 bits per heavy atom. The Morgan fingerprint density at radius 2 is 1.77 bits per heavy atom. The molecule has 3 heterocycles. The number of carbonyl (C=O) groups excluding carboxylic acids is 2. The van der Waals surface area contributed by atoms with E-state index in [-0.39, 0.29) is 17.2 Å². The van der Waals surface area contributed by atoms with E-state index in [1.807, 2.05) is 80.1 Å². The van der Waals surface area contributed by atoms with Crippen molar-refractivity contribution < 1.29 is 9.59 Å². The molecule has 7 heteroatoms. The number of para-hydroxylation sites is 1. The van der Waals surface area contributed by atoms with Crippen LogP contribution in [0.2, 0.25) is 0 Å². The number of hydrogen-bond donors (Lipinski definition) is 4. The van der Waals surface area contributed by atoms with Crippen molar-refractivity contribution >= 4 is 33.6 Å². The van der Waals surface area contributed by atoms with Crippen LogP contribution in [0.4, 0.5) is 0 Å². The molecule has 2 amide bonds. The van der Waals surface area contributed by atoms with Crippen LogP contribution in [-0.2, 0) is 16.6 Å². The van der Waals surface area contributed by atoms with Crippen LogP contribution in [0.15, 0.2) is 85.3 Å². The fourth-order valence-electron chi connectivity index (χ4n) is 6.23. The summed E-state index contributed by atoms with van der Waals surface area (Å²) in [6.07, 6.45) is 11.3. The lowest BCUT2D eigenvalue weighted by molar-refractivity contribution is -0.127. The van der Waals surface area contributed by atoms with E-state index < -0.39 is 5.54 Å². The molecule has 40 heavy (non-hydrogen) atoms. The number of carbonyl (C=O) groups is 2. The highest BCUT2D eigenvalue weighted by molar-refractivity contribution is 6.01. The molecular formula is C33H35N5O2. The fourth-order valence-corrected chi connectivity index (χ4v) is 6.23. The van der Waals surface area contributed by atoms with Crippen LogP contribution < -0.4 is 10.6 Å². The van der Waals surface area contributed by atoms with Gasteiger partial charge in [-0.05, 0) is 67.8 Å². The fraction of sp³-hybridized carbons (Fsp3) is 0.303. The summed E-state index contributed by atoms with van der Waals surface area (Å²) in [5, 5.41) is 8.38. The second kappa shape index (κ2) is 10.6. The standard InChI is InChI=1S/C33H35N5O2/c1-32(20-25-21-36-28-10-4-3-9-26(25)28,38-30(39)24-12-13-27-23(19-24)14-18-34-27)31(40)37-22-33(15-6-2-7-16-33)29-11-5-8-17-35-29/h3-5,8-14,17-19,21,34,36H,2,6-7,15-16,20,22H2,1H3,(H,37,40)(H,38,39). The first-order valence-electron chi connectivity index (χ1n) is 14.1. The molecule has 7 nitrogen and oxygen atoms in total. The largest absolute Gasteiger partial charge is 0.361 e. The van der Waals surface area contributed by atoms with Gasteiger partial charge in [-0.25, -0.2) is 0 Å². The summed E-state index contributed by atoms with van der Waals surface area (Å²) in [6.45, 7) is 2.31. The Kier molecular flexibility index (Phi) is 6.88. The first-order chi connectivity index (χ1) is 19.5. The smallest absolute Gasteiger partial charge is 0.252 e. The summed E-state index contributed by atoms with van der Waals surface area (Å²) in [5.41, 5.74) is 3.09. The molecule has 2 aromatic carbocycles. The van der Waals surface area contributed by atoms with Gasteiger partial charge in [-0.2, -0.15) is 0 Å². The molecule has 5 aromatic rings. The number of benzene rings is 2. The van der Waals surface area contributed by atoms with Crippen molar-refractivity contribution in [2.75, 3.05) is 6.54 Å². The molecule has 1 fully saturated rings. The van der Waals surface area contributed by atoms with Crippen LogP contribution in [0.25, 0.3) is 21.8 Å². The van der Waals surface area contributed by atoms with Crippen molar-refractivity contribution in [1.82, 2.24) is 25.6 Å². The number of fused-ring (bicyclic) bond motifs is 2. The molecule has 0 aliphatic heterocycles. The van der Waals surface area contributed by atoms with Gasteiger partial charge in [0.05, 0.1) is 0 Å². The Morgan fingerprint density at radius 3 is 2.60 bits per heavy atom. The van der Waals surface area contributed by atoms with Crippen LogP contribution in [0.3, 0.4) is 0 Å². The molecule has 4 N–H and O–H groups in total. The molecule has 0 radical (unpaired) electrons. The van der Waals surface area contributed by atoms with Crippen LogP contribution in [0, 0.1) is 0 Å². The molecule has 204 valence electrons. The van der Waals surface area contributed by atoms with E-state index >= 15 is 0 Å². The van der Waals surface area contributed by atoms with Crippen molar-refractivity contribution in [3.63, 3.8) is 0 Å². The zero-order chi connectivity index (χ0) is 27.6. The lowest BCUT2D eigenvalue weighted by atomic mass is 9.71. The normalized spacial score (nSPS) is 16.4. The molecule has 1 aliphatic carbocycles. The van der Waals surface area contributed by atoms with E-state index in [4.69, 9.17) is 4.98 Å². The summed E-state index contributed by atoms with van der Waals surface area (Å²) in [4.78, 5) is 38.9. The van der Waals surface area contributed by atoms with Gasteiger partial charge in [-0.1, -0.05) is 43.5 Å². The highest BCUT2D eigenvalue weighted by atomic mass is 16.2. The van der Waals surface area contributed by atoms with Crippen molar-refractivity contribution in [2.45, 2.75) is 56.4 Å². The number of amides is 2. The molecule has 1 atom stereocenters. The molecule has 6 rings (SSSR count). The van der Waals surface area contributed by atoms with E-state index in [2.05, 4.69) is 26.7 Å². The number of nitrogens with one attached hydrogen (secondary N) is 4. The SMILES string of the molecule is CC(Cc1c[nH]c2ccccc12)(NC(=O)c1ccc2[nH]ccc2c1)C(=O)NCC1(c2ccccn2)CCCCC1. The number of rotatable bonds is 8. The van der Waals surface area contributed by atoms with Crippen LogP contribution in [-0.4, -0.2) is 38.8 Å². The second-order valence-corrected chi connectivity index (χ2v) is 11.3. The van der Waals surface area contributed by atoms with Crippen LogP contribution in [0.1, 0.15) is 60.6 Å². The van der Waals surface area contributed by atoms with Crippen molar-refractivity contribution in [2.24, 2.45) is 0 Å². The van der Waals surface area contributed by atoms with Gasteiger partial charge in [-0.15, -0.1) is 0 Å². The maximum Gasteiger partial charge on any atom is 0.252 e. The lowest BCUT2D eigenvalue weighted by Crippen LogP contribution is -2.59. The van der Waals surface area contributed by atoms with E-state index in [0.29, 0.717) is 18.5 Å². The third-order valence-corrected chi connectivity index (χ3v) is 8.53. The zero-order valence-corrected chi connectivity index (χ0v) is 22.8. The van der Waals surface area contributed by atoms with Crippen molar-refractivity contribution in [1.29, 1.82) is 0 Å². The number of aromatic amines is 2. The number of pyridine rings is 1. The second-order valence-electron chi connectivity index (χ2n) is 11.3. The Balaban J connectivity index is 1.29. The predicted octanol–water partition coefficient (Wildman–Crippen LogP) is 5.79. The molecule has 1 aliphatic rings. The van der Waals surface area contributed by atoms with Gasteiger partial charge in [0.25, 0.3) is 5.91 Å². The molecule has 3 aromatic heterocycles. The van der Waals surface area contributed by atoms with E-state index in [1.54, 1.807) is 6.07 Å². The quantitative estimate of drug-likeness (QED) is 0.203. The summed E-state index contributed by atoms with van der Waals surface area (Å²) in [6, 6.07) is 21.5. The minimum atomic E-state index is -1.19. The number of aromatic nitrogens is 3. The summed E-state index contributed by atoms with van der Waals surface area (Å²) in [5.74, 6) is -0.479. The average Bonchev–Trinajstić information content (AvgIpc) is 3.63. The monoisotopic (exact) mass is 533 g/mol. The summed E-state index contributed by atoms with van der Waals surface area (Å²) >= 11 is 0. The van der Waals surface area contributed by atoms with Crippen molar-refractivity contribution in [3.8, 4) is 0 Å². The highest BCUT2D eigenvalue weighted by Gasteiger charge is 2.40. The van der Waals surface area contributed by atoms with Crippen molar-refractivity contribution in [3.05, 3.63) is 102 Å². The molecule has 0 bridgehead atoms. The molecule has 1 saturated carbocycles. The summed E-state index contributed by atoms with van der Waals surface area (Å²) in [7, 11) is 0. The lowest BCUT2D eigenvalue weighted by Gasteiger charge is -2.38. The van der Waals surface area contributed by atoms with Gasteiger partial charge < -0.3 is 20.6 Å². The topological polar surface area (TPSA) is 103 Å². The van der Waals surface area contributed by atoms with E-state index in [9.17, 15) is 9.59 Å². The number of nitrogens with zero attached hydrogens (tertiary/aromatic N) is 1. The minimum Gasteiger partial charge on any atom is -0.361 e. The highest BCUT2D eigenvalue weighted by Crippen LogP contribution is 2.38. The molecular weight excluding hydrogens is 498 g/mol. The van der Waals surface area contributed by atoms with Crippen LogP contribution in [0.5, 0.6) is 0 Å². The minimum absolute atomic E-state index is 0.199. The van der Waals surface area contributed by atoms with Gasteiger partial charge >= 0.3 is 0 Å². The predicted molar refractivity (Wildman–Crippen MR) is 158 cm³/mol. The van der Waals surface area contributed by atoms with E-state index in [0.717, 1.165) is 58.7 Å². The molecule has 0 spiro atoms. The Labute approximate surface area is 233 Å². The summed E-state index contributed by atoms with van der Waals surface area (Å²) < 4.78 is 0. The Hall–Kier alpha value is -4.39. The zero-order valence-electron chi connectivity index (χ0n) is 22.8. The Bertz CT molecular complexity index is 1650. The van der Waals surface area contributed by atoms with Gasteiger partial charge in [-0.3, -0.25) is 14.6 Å². The number of H-pyrrole nitrogens is 2. The van der Waals surface area contributed by atoms with Gasteiger partial charge in [0.2, 0.25) is 5.91 Å². The number of hydrogen-bond acceptors (Lipinski definition) is 3. The maximum atomic E-state index is 14.1. The van der Waals surface area contributed by atoms with E-state index in [1.165, 1.54) is 6.42 Å². The maximum absolute atomic E-state index is 14.1. The van der Waals surface area contributed by atoms with Gasteiger partial charge in [0, 0.05) is 70.0 Å². The third kappa shape index (κ3) is 4.99. The third-order valence-electron chi connectivity index (χ3n) is 8.53. The first kappa shape index (κ1) is 25.9. The van der Waals surface area contributed by atoms with Gasteiger partial charge in [0.1, 0.15) is 5.54 Å². The molecule has 0 saturated heterocycles.